The van der Waals surface area contributed by atoms with E-state index in [0.29, 0.717) is 5.91 Å². The highest BCUT2D eigenvalue weighted by Crippen LogP contribution is 2.34. The lowest BCUT2D eigenvalue weighted by molar-refractivity contribution is -0.192. The second-order valence-electron chi connectivity index (χ2n) is 8.16. The Morgan fingerprint density at radius 2 is 1.87 bits per heavy atom. The van der Waals surface area contributed by atoms with Gasteiger partial charge in [-0.25, -0.2) is 4.79 Å². The van der Waals surface area contributed by atoms with Crippen molar-refractivity contribution in [2.45, 2.75) is 51.1 Å². The van der Waals surface area contributed by atoms with Gasteiger partial charge in [-0.2, -0.15) is 13.2 Å². The van der Waals surface area contributed by atoms with Gasteiger partial charge in [0.2, 0.25) is 5.91 Å². The number of carbonyl (C=O) groups excluding carboxylic acids is 1. The highest BCUT2D eigenvalue weighted by atomic mass is 19.4. The summed E-state index contributed by atoms with van der Waals surface area (Å²) in [6, 6.07) is 8.71. The molecule has 166 valence electrons. The van der Waals surface area contributed by atoms with E-state index >= 15 is 0 Å². The summed E-state index contributed by atoms with van der Waals surface area (Å²) >= 11 is 0. The predicted molar refractivity (Wildman–Crippen MR) is 103 cm³/mol. The van der Waals surface area contributed by atoms with Crippen LogP contribution in [0.2, 0.25) is 0 Å². The maximum atomic E-state index is 12.7. The molecule has 30 heavy (non-hydrogen) atoms. The van der Waals surface area contributed by atoms with E-state index in [1.54, 1.807) is 0 Å². The molecule has 1 N–H and O–H groups in total. The first-order valence-electron chi connectivity index (χ1n) is 10.2. The van der Waals surface area contributed by atoms with Crippen LogP contribution in [0.25, 0.3) is 0 Å². The van der Waals surface area contributed by atoms with Gasteiger partial charge in [-0.3, -0.25) is 9.69 Å². The third kappa shape index (κ3) is 5.72. The van der Waals surface area contributed by atoms with Crippen molar-refractivity contribution in [1.29, 1.82) is 0 Å². The molecule has 1 aromatic carbocycles. The number of hydrogen-bond acceptors (Lipinski definition) is 4. The number of likely N-dealkylation sites (tertiary alicyclic amines) is 2. The summed E-state index contributed by atoms with van der Waals surface area (Å²) in [4.78, 5) is 26.1. The molecule has 4 rings (SSSR count). The molecule has 3 unspecified atom stereocenters. The number of aryl methyl sites for hydroxylation is 1. The minimum Gasteiger partial charge on any atom is -0.475 e. The number of carboxylic acid groups (broad SMARTS) is 1. The molecule has 6 nitrogen and oxygen atoms in total. The molecule has 0 saturated carbocycles. The SMILES string of the molecule is Cc1cccc(CN2CC3CC(C(=O)N4CCCC4)C(C2)O3)c1.O=C(O)C(F)(F)F. The maximum absolute atomic E-state index is 12.7. The number of aliphatic carboxylic acids is 1. The molecule has 3 fully saturated rings. The minimum atomic E-state index is -5.08. The zero-order valence-electron chi connectivity index (χ0n) is 16.9. The Labute approximate surface area is 173 Å². The summed E-state index contributed by atoms with van der Waals surface area (Å²) in [6.07, 6.45) is -1.54. The number of carboxylic acids is 1. The quantitative estimate of drug-likeness (QED) is 0.802. The van der Waals surface area contributed by atoms with Gasteiger partial charge >= 0.3 is 12.1 Å². The normalized spacial score (nSPS) is 26.3. The lowest BCUT2D eigenvalue weighted by atomic mass is 9.99. The first kappa shape index (κ1) is 22.6. The fourth-order valence-corrected chi connectivity index (χ4v) is 4.37. The van der Waals surface area contributed by atoms with Gasteiger partial charge in [0.15, 0.2) is 0 Å². The van der Waals surface area contributed by atoms with Crippen molar-refractivity contribution < 1.29 is 32.6 Å². The molecular weight excluding hydrogens is 401 g/mol. The Bertz CT molecular complexity index is 765. The van der Waals surface area contributed by atoms with Crippen molar-refractivity contribution >= 4 is 11.9 Å². The molecule has 3 aliphatic rings. The van der Waals surface area contributed by atoms with E-state index in [1.807, 2.05) is 0 Å². The molecule has 3 atom stereocenters. The van der Waals surface area contributed by atoms with Crippen LogP contribution in [0, 0.1) is 12.8 Å². The number of halogens is 3. The predicted octanol–water partition coefficient (Wildman–Crippen LogP) is 2.84. The number of benzene rings is 1. The van der Waals surface area contributed by atoms with Crippen LogP contribution in [0.1, 0.15) is 30.4 Å². The van der Waals surface area contributed by atoms with Gasteiger partial charge < -0.3 is 14.7 Å². The van der Waals surface area contributed by atoms with Crippen LogP contribution < -0.4 is 0 Å². The molecule has 0 spiro atoms. The van der Waals surface area contributed by atoms with Crippen LogP contribution in [0.3, 0.4) is 0 Å². The summed E-state index contributed by atoms with van der Waals surface area (Å²) in [7, 11) is 0. The topological polar surface area (TPSA) is 70.1 Å². The van der Waals surface area contributed by atoms with Gasteiger partial charge in [-0.1, -0.05) is 29.8 Å². The van der Waals surface area contributed by atoms with E-state index in [-0.39, 0.29) is 18.1 Å². The van der Waals surface area contributed by atoms with Gasteiger partial charge in [0.1, 0.15) is 0 Å². The van der Waals surface area contributed by atoms with E-state index in [9.17, 15) is 18.0 Å². The second-order valence-corrected chi connectivity index (χ2v) is 8.16. The van der Waals surface area contributed by atoms with Crippen LogP contribution in [0.15, 0.2) is 24.3 Å². The highest BCUT2D eigenvalue weighted by Gasteiger charge is 2.46. The lowest BCUT2D eigenvalue weighted by Gasteiger charge is -2.33. The molecule has 3 saturated heterocycles. The molecule has 3 aliphatic heterocycles. The zero-order valence-corrected chi connectivity index (χ0v) is 16.9. The third-order valence-electron chi connectivity index (χ3n) is 5.70. The van der Waals surface area contributed by atoms with E-state index in [0.717, 1.165) is 52.0 Å². The number of carbonyl (C=O) groups is 2. The summed E-state index contributed by atoms with van der Waals surface area (Å²) < 4.78 is 37.8. The van der Waals surface area contributed by atoms with Gasteiger partial charge in [0, 0.05) is 32.7 Å². The number of amides is 1. The Kier molecular flexibility index (Phi) is 7.02. The largest absolute Gasteiger partial charge is 0.490 e. The summed E-state index contributed by atoms with van der Waals surface area (Å²) in [5.41, 5.74) is 2.66. The summed E-state index contributed by atoms with van der Waals surface area (Å²) in [5.74, 6) is -2.33. The molecule has 1 aromatic rings. The molecule has 1 amide bonds. The number of nitrogens with zero attached hydrogens (tertiary/aromatic N) is 2. The average Bonchev–Trinajstić information content (AvgIpc) is 3.29. The maximum Gasteiger partial charge on any atom is 0.490 e. The molecule has 3 heterocycles. The van der Waals surface area contributed by atoms with Crippen molar-refractivity contribution in [2.24, 2.45) is 5.92 Å². The summed E-state index contributed by atoms with van der Waals surface area (Å²) in [6.45, 7) is 6.82. The Morgan fingerprint density at radius 1 is 1.20 bits per heavy atom. The van der Waals surface area contributed by atoms with Gasteiger partial charge in [-0.05, 0) is 31.7 Å². The third-order valence-corrected chi connectivity index (χ3v) is 5.70. The highest BCUT2D eigenvalue weighted by molar-refractivity contribution is 5.80. The van der Waals surface area contributed by atoms with Crippen LogP contribution in [-0.4, -0.2) is 71.3 Å². The number of ether oxygens (including phenoxy) is 1. The van der Waals surface area contributed by atoms with E-state index in [2.05, 4.69) is 41.0 Å². The molecule has 0 aromatic heterocycles. The number of rotatable bonds is 3. The van der Waals surface area contributed by atoms with Gasteiger partial charge in [-0.15, -0.1) is 0 Å². The number of alkyl halides is 3. The van der Waals surface area contributed by atoms with Crippen LogP contribution >= 0.6 is 0 Å². The first-order chi connectivity index (χ1) is 14.1. The average molecular weight is 428 g/mol. The summed E-state index contributed by atoms with van der Waals surface area (Å²) in [5, 5.41) is 7.12. The minimum absolute atomic E-state index is 0.0839. The molecule has 9 heteroatoms. The molecule has 0 radical (unpaired) electrons. The smallest absolute Gasteiger partial charge is 0.475 e. The number of fused-ring (bicyclic) bond motifs is 2. The molecule has 2 bridgehead atoms. The van der Waals surface area contributed by atoms with Crippen LogP contribution in [0.5, 0.6) is 0 Å². The van der Waals surface area contributed by atoms with Crippen LogP contribution in [-0.2, 0) is 20.9 Å². The zero-order chi connectivity index (χ0) is 21.9. The van der Waals surface area contributed by atoms with Crippen molar-refractivity contribution in [3.63, 3.8) is 0 Å². The van der Waals surface area contributed by atoms with Crippen LogP contribution in [0.4, 0.5) is 13.2 Å². The van der Waals surface area contributed by atoms with Gasteiger partial charge in [0.05, 0.1) is 18.1 Å². The molecular formula is C21H27F3N2O4. The van der Waals surface area contributed by atoms with Crippen molar-refractivity contribution in [3.8, 4) is 0 Å². The van der Waals surface area contributed by atoms with E-state index in [1.165, 1.54) is 11.1 Å². The van der Waals surface area contributed by atoms with Crippen molar-refractivity contribution in [3.05, 3.63) is 35.4 Å². The Hall–Kier alpha value is -2.13. The van der Waals surface area contributed by atoms with E-state index in [4.69, 9.17) is 14.6 Å². The fraction of sp³-hybridized carbons (Fsp3) is 0.619. The number of morpholine rings is 1. The number of hydrogen-bond donors (Lipinski definition) is 1. The van der Waals surface area contributed by atoms with E-state index < -0.39 is 12.1 Å². The van der Waals surface area contributed by atoms with Gasteiger partial charge in [0.25, 0.3) is 0 Å². The molecule has 0 aliphatic carbocycles. The standard InChI is InChI=1S/C19H26N2O2.C2HF3O2/c1-14-5-4-6-15(9-14)11-20-12-16-10-17(18(13-20)23-16)19(22)21-7-2-3-8-21;3-2(4,5)1(6)7/h4-6,9,16-18H,2-3,7-8,10-13H2,1H3;(H,6,7). The monoisotopic (exact) mass is 428 g/mol. The Morgan fingerprint density at radius 3 is 2.47 bits per heavy atom. The van der Waals surface area contributed by atoms with Crippen molar-refractivity contribution in [1.82, 2.24) is 9.80 Å². The fourth-order valence-electron chi connectivity index (χ4n) is 4.37. The first-order valence-corrected chi connectivity index (χ1v) is 10.2. The second kappa shape index (κ2) is 9.34. The van der Waals surface area contributed by atoms with Crippen molar-refractivity contribution in [2.75, 3.05) is 26.2 Å². The Balaban J connectivity index is 0.000000318. The lowest BCUT2D eigenvalue weighted by Crippen LogP contribution is -2.45.